The Morgan fingerprint density at radius 1 is 1.12 bits per heavy atom. The average molecular weight is 361 g/mol. The predicted molar refractivity (Wildman–Crippen MR) is 102 cm³/mol. The summed E-state index contributed by atoms with van der Waals surface area (Å²) < 4.78 is 11.3. The summed E-state index contributed by atoms with van der Waals surface area (Å²) in [6.07, 6.45) is 0. The quantitative estimate of drug-likeness (QED) is 0.887. The van der Waals surface area contributed by atoms with Crippen molar-refractivity contribution < 1.29 is 14.3 Å². The summed E-state index contributed by atoms with van der Waals surface area (Å²) in [7, 11) is 0. The Bertz CT molecular complexity index is 634. The van der Waals surface area contributed by atoms with E-state index < -0.39 is 0 Å². The summed E-state index contributed by atoms with van der Waals surface area (Å²) in [5, 5.41) is 3.08. The van der Waals surface area contributed by atoms with Gasteiger partial charge < -0.3 is 14.8 Å². The first-order chi connectivity index (χ1) is 12.3. The SMILES string of the molecule is C[C@H](C(=O)NC(C)(C)C)N1CCN(Cc2ccc3c(c2)OCCO3)CC1. The number of fused-ring (bicyclic) bond motifs is 1. The number of piperazine rings is 1. The predicted octanol–water partition coefficient (Wildman–Crippen LogP) is 1.88. The zero-order chi connectivity index (χ0) is 18.7. The number of hydrogen-bond donors (Lipinski definition) is 1. The molecule has 0 aliphatic carbocycles. The van der Waals surface area contributed by atoms with Crippen LogP contribution < -0.4 is 14.8 Å². The molecular formula is C20H31N3O3. The lowest BCUT2D eigenvalue weighted by Gasteiger charge is -2.38. The molecular weight excluding hydrogens is 330 g/mol. The van der Waals surface area contributed by atoms with Gasteiger partial charge in [-0.25, -0.2) is 0 Å². The maximum absolute atomic E-state index is 12.4. The van der Waals surface area contributed by atoms with Crippen LogP contribution in [-0.2, 0) is 11.3 Å². The van der Waals surface area contributed by atoms with E-state index in [-0.39, 0.29) is 17.5 Å². The van der Waals surface area contributed by atoms with Crippen LogP contribution >= 0.6 is 0 Å². The highest BCUT2D eigenvalue weighted by molar-refractivity contribution is 5.81. The molecule has 2 aliphatic rings. The molecule has 0 spiro atoms. The van der Waals surface area contributed by atoms with Crippen molar-refractivity contribution >= 4 is 5.91 Å². The summed E-state index contributed by atoms with van der Waals surface area (Å²) in [5.74, 6) is 1.79. The van der Waals surface area contributed by atoms with Crippen molar-refractivity contribution in [2.24, 2.45) is 0 Å². The minimum absolute atomic E-state index is 0.0920. The number of hydrogen-bond acceptors (Lipinski definition) is 5. The molecule has 1 aromatic carbocycles. The molecule has 1 saturated heterocycles. The molecule has 0 unspecified atom stereocenters. The molecule has 6 nitrogen and oxygen atoms in total. The smallest absolute Gasteiger partial charge is 0.237 e. The third-order valence-electron chi connectivity index (χ3n) is 4.85. The van der Waals surface area contributed by atoms with E-state index in [9.17, 15) is 4.79 Å². The molecule has 1 fully saturated rings. The molecule has 0 saturated carbocycles. The van der Waals surface area contributed by atoms with Gasteiger partial charge in [0.25, 0.3) is 0 Å². The Balaban J connectivity index is 1.50. The number of ether oxygens (including phenoxy) is 2. The van der Waals surface area contributed by atoms with Crippen LogP contribution in [0.1, 0.15) is 33.3 Å². The Morgan fingerprint density at radius 2 is 1.77 bits per heavy atom. The van der Waals surface area contributed by atoms with Crippen molar-refractivity contribution in [3.05, 3.63) is 23.8 Å². The Labute approximate surface area is 156 Å². The van der Waals surface area contributed by atoms with E-state index in [1.165, 1.54) is 5.56 Å². The summed E-state index contributed by atoms with van der Waals surface area (Å²) >= 11 is 0. The van der Waals surface area contributed by atoms with Crippen LogP contribution in [0, 0.1) is 0 Å². The molecule has 1 atom stereocenters. The van der Waals surface area contributed by atoms with Crippen molar-refractivity contribution in [1.29, 1.82) is 0 Å². The highest BCUT2D eigenvalue weighted by atomic mass is 16.6. The highest BCUT2D eigenvalue weighted by Crippen LogP contribution is 2.31. The zero-order valence-electron chi connectivity index (χ0n) is 16.4. The van der Waals surface area contributed by atoms with Crippen molar-refractivity contribution in [2.45, 2.75) is 45.8 Å². The van der Waals surface area contributed by atoms with Gasteiger partial charge in [0.2, 0.25) is 5.91 Å². The van der Waals surface area contributed by atoms with Crippen molar-refractivity contribution in [2.75, 3.05) is 39.4 Å². The van der Waals surface area contributed by atoms with E-state index >= 15 is 0 Å². The van der Waals surface area contributed by atoms with Gasteiger partial charge in [-0.1, -0.05) is 6.07 Å². The fourth-order valence-electron chi connectivity index (χ4n) is 3.39. The lowest BCUT2D eigenvalue weighted by atomic mass is 10.1. The van der Waals surface area contributed by atoms with Gasteiger partial charge in [-0.05, 0) is 45.4 Å². The van der Waals surface area contributed by atoms with Gasteiger partial charge in [0.1, 0.15) is 13.2 Å². The van der Waals surface area contributed by atoms with Crippen LogP contribution in [-0.4, -0.2) is 66.7 Å². The van der Waals surface area contributed by atoms with Gasteiger partial charge in [-0.2, -0.15) is 0 Å². The first-order valence-corrected chi connectivity index (χ1v) is 9.49. The molecule has 26 heavy (non-hydrogen) atoms. The Kier molecular flexibility index (Phi) is 5.73. The van der Waals surface area contributed by atoms with Gasteiger partial charge in [-0.15, -0.1) is 0 Å². The molecule has 0 radical (unpaired) electrons. The topological polar surface area (TPSA) is 54.0 Å². The molecule has 1 aromatic rings. The first kappa shape index (κ1) is 19.0. The largest absolute Gasteiger partial charge is 0.486 e. The standard InChI is InChI=1S/C20H31N3O3/c1-15(19(24)21-20(2,3)4)23-9-7-22(8-10-23)14-16-5-6-17-18(13-16)26-12-11-25-17/h5-6,13,15H,7-12,14H2,1-4H3,(H,21,24)/t15-/m1/s1. The number of nitrogens with zero attached hydrogens (tertiary/aromatic N) is 2. The molecule has 2 heterocycles. The summed E-state index contributed by atoms with van der Waals surface area (Å²) in [4.78, 5) is 17.1. The number of nitrogens with one attached hydrogen (secondary N) is 1. The monoisotopic (exact) mass is 361 g/mol. The number of carbonyl (C=O) groups excluding carboxylic acids is 1. The van der Waals surface area contributed by atoms with E-state index in [1.54, 1.807) is 0 Å². The summed E-state index contributed by atoms with van der Waals surface area (Å²) in [6.45, 7) is 13.9. The Hall–Kier alpha value is -1.79. The number of amides is 1. The van der Waals surface area contributed by atoms with Crippen LogP contribution in [0.15, 0.2) is 18.2 Å². The van der Waals surface area contributed by atoms with Gasteiger partial charge >= 0.3 is 0 Å². The van der Waals surface area contributed by atoms with Crippen molar-refractivity contribution in [3.63, 3.8) is 0 Å². The van der Waals surface area contributed by atoms with Crippen LogP contribution in [0.3, 0.4) is 0 Å². The van der Waals surface area contributed by atoms with E-state index in [4.69, 9.17) is 9.47 Å². The summed E-state index contributed by atoms with van der Waals surface area (Å²) in [5.41, 5.74) is 1.05. The average Bonchev–Trinajstić information content (AvgIpc) is 2.60. The minimum Gasteiger partial charge on any atom is -0.486 e. The Morgan fingerprint density at radius 3 is 2.42 bits per heavy atom. The molecule has 1 N–H and O–H groups in total. The van der Waals surface area contributed by atoms with E-state index in [0.717, 1.165) is 44.2 Å². The van der Waals surface area contributed by atoms with Gasteiger partial charge in [0, 0.05) is 38.3 Å². The summed E-state index contributed by atoms with van der Waals surface area (Å²) in [6, 6.07) is 6.10. The maximum atomic E-state index is 12.4. The van der Waals surface area contributed by atoms with Gasteiger partial charge in [0.15, 0.2) is 11.5 Å². The molecule has 0 aromatic heterocycles. The van der Waals surface area contributed by atoms with Crippen molar-refractivity contribution in [1.82, 2.24) is 15.1 Å². The van der Waals surface area contributed by atoms with E-state index in [2.05, 4.69) is 27.2 Å². The zero-order valence-corrected chi connectivity index (χ0v) is 16.4. The minimum atomic E-state index is -0.189. The van der Waals surface area contributed by atoms with Crippen molar-refractivity contribution in [3.8, 4) is 11.5 Å². The van der Waals surface area contributed by atoms with Gasteiger partial charge in [0.05, 0.1) is 6.04 Å². The third kappa shape index (κ3) is 4.89. The lowest BCUT2D eigenvalue weighted by Crippen LogP contribution is -2.56. The van der Waals surface area contributed by atoms with E-state index in [1.807, 2.05) is 33.8 Å². The number of rotatable bonds is 4. The second kappa shape index (κ2) is 7.84. The first-order valence-electron chi connectivity index (χ1n) is 9.49. The van der Waals surface area contributed by atoms with Crippen LogP contribution in [0.25, 0.3) is 0 Å². The normalized spacial score (nSPS) is 19.8. The fourth-order valence-corrected chi connectivity index (χ4v) is 3.39. The molecule has 144 valence electrons. The molecule has 0 bridgehead atoms. The highest BCUT2D eigenvalue weighted by Gasteiger charge is 2.27. The molecule has 1 amide bonds. The number of carbonyl (C=O) groups is 1. The second-order valence-corrected chi connectivity index (χ2v) is 8.21. The number of benzene rings is 1. The second-order valence-electron chi connectivity index (χ2n) is 8.21. The molecule has 2 aliphatic heterocycles. The fraction of sp³-hybridized carbons (Fsp3) is 0.650. The third-order valence-corrected chi connectivity index (χ3v) is 4.85. The lowest BCUT2D eigenvalue weighted by molar-refractivity contribution is -0.128. The van der Waals surface area contributed by atoms with Crippen LogP contribution in [0.4, 0.5) is 0 Å². The van der Waals surface area contributed by atoms with E-state index in [0.29, 0.717) is 13.2 Å². The molecule has 3 rings (SSSR count). The van der Waals surface area contributed by atoms with Crippen LogP contribution in [0.5, 0.6) is 11.5 Å². The maximum Gasteiger partial charge on any atom is 0.237 e. The van der Waals surface area contributed by atoms with Crippen LogP contribution in [0.2, 0.25) is 0 Å². The van der Waals surface area contributed by atoms with Gasteiger partial charge in [-0.3, -0.25) is 14.6 Å². The molecule has 6 heteroatoms.